The van der Waals surface area contributed by atoms with E-state index in [0.29, 0.717) is 0 Å². The number of nitrogens with zero attached hydrogens (tertiary/aromatic N) is 1. The van der Waals surface area contributed by atoms with Gasteiger partial charge in [-0.1, -0.05) is 43.5 Å². The number of hydrogen-bond acceptors (Lipinski definition) is 3. The van der Waals surface area contributed by atoms with Crippen molar-refractivity contribution in [3.8, 4) is 11.5 Å². The summed E-state index contributed by atoms with van der Waals surface area (Å²) in [5.74, 6) is 1.56. The summed E-state index contributed by atoms with van der Waals surface area (Å²) < 4.78 is 10.6. The summed E-state index contributed by atoms with van der Waals surface area (Å²) >= 11 is 0. The van der Waals surface area contributed by atoms with Gasteiger partial charge in [-0.25, -0.2) is 0 Å². The first-order valence-electron chi connectivity index (χ1n) is 9.38. The Morgan fingerprint density at radius 1 is 0.724 bits per heavy atom. The van der Waals surface area contributed by atoms with Crippen LogP contribution in [0.4, 0.5) is 11.4 Å². The summed E-state index contributed by atoms with van der Waals surface area (Å²) in [6.45, 7) is 9.25. The van der Waals surface area contributed by atoms with Crippen molar-refractivity contribution in [3.63, 3.8) is 0 Å². The molecule has 146 valence electrons. The Kier molecular flexibility index (Phi) is 6.54. The Morgan fingerprint density at radius 2 is 1.17 bits per heavy atom. The van der Waals surface area contributed by atoms with Gasteiger partial charge in [-0.05, 0) is 72.2 Å². The van der Waals surface area contributed by atoms with E-state index in [2.05, 4.69) is 55.3 Å². The van der Waals surface area contributed by atoms with Crippen LogP contribution >= 0.6 is 0 Å². The topological polar surface area (TPSA) is 21.7 Å². The first-order chi connectivity index (χ1) is 14.1. The highest BCUT2D eigenvalue weighted by atomic mass is 16.5. The third kappa shape index (κ3) is 5.17. The fraction of sp³-hybridized carbons (Fsp3) is 0.0769. The highest BCUT2D eigenvalue weighted by molar-refractivity contribution is 5.81. The smallest absolute Gasteiger partial charge is 0.126 e. The molecule has 0 unspecified atom stereocenters. The number of anilines is 2. The highest BCUT2D eigenvalue weighted by Crippen LogP contribution is 2.27. The second kappa shape index (κ2) is 9.47. The number of allylic oxidation sites excluding steroid dienone is 1. The number of rotatable bonds is 8. The maximum atomic E-state index is 5.28. The van der Waals surface area contributed by atoms with Crippen LogP contribution in [0, 0.1) is 0 Å². The van der Waals surface area contributed by atoms with Gasteiger partial charge in [0, 0.05) is 18.4 Å². The second-order valence-electron chi connectivity index (χ2n) is 6.57. The number of benzene rings is 3. The maximum Gasteiger partial charge on any atom is 0.126 e. The van der Waals surface area contributed by atoms with E-state index in [4.69, 9.17) is 9.47 Å². The van der Waals surface area contributed by atoms with E-state index in [0.717, 1.165) is 34.0 Å². The van der Waals surface area contributed by atoms with Crippen LogP contribution in [-0.2, 0) is 0 Å². The molecule has 3 heteroatoms. The molecule has 0 aliphatic carbocycles. The Balaban J connectivity index is 1.72. The van der Waals surface area contributed by atoms with E-state index >= 15 is 0 Å². The lowest BCUT2D eigenvalue weighted by atomic mass is 10.0. The third-order valence-corrected chi connectivity index (χ3v) is 4.64. The highest BCUT2D eigenvalue weighted by Gasteiger charge is 2.05. The van der Waals surface area contributed by atoms with Crippen molar-refractivity contribution in [1.29, 1.82) is 0 Å². The molecule has 3 aromatic rings. The Morgan fingerprint density at radius 3 is 1.66 bits per heavy atom. The number of hydrogen-bond donors (Lipinski definition) is 0. The van der Waals surface area contributed by atoms with Gasteiger partial charge in [-0.3, -0.25) is 0 Å². The molecule has 0 radical (unpaired) electrons. The van der Waals surface area contributed by atoms with Gasteiger partial charge >= 0.3 is 0 Å². The van der Waals surface area contributed by atoms with E-state index in [1.807, 2.05) is 55.6 Å². The molecule has 3 nitrogen and oxygen atoms in total. The average Bonchev–Trinajstić information content (AvgIpc) is 2.75. The fourth-order valence-corrected chi connectivity index (χ4v) is 3.01. The third-order valence-electron chi connectivity index (χ3n) is 4.64. The zero-order chi connectivity index (χ0) is 20.6. The van der Waals surface area contributed by atoms with Crippen molar-refractivity contribution in [2.24, 2.45) is 0 Å². The molecule has 0 atom stereocenters. The van der Waals surface area contributed by atoms with E-state index in [1.165, 1.54) is 18.1 Å². The van der Waals surface area contributed by atoms with E-state index < -0.39 is 0 Å². The molecule has 3 aromatic carbocycles. The maximum absolute atomic E-state index is 5.28. The van der Waals surface area contributed by atoms with Crippen LogP contribution in [-0.4, -0.2) is 7.05 Å². The molecule has 3 rings (SSSR count). The Bertz CT molecular complexity index is 984. The van der Waals surface area contributed by atoms with Crippen LogP contribution in [0.3, 0.4) is 0 Å². The molecule has 0 saturated carbocycles. The minimum absolute atomic E-state index is 0.775. The average molecular weight is 383 g/mol. The van der Waals surface area contributed by atoms with Crippen LogP contribution in [0.15, 0.2) is 98.5 Å². The van der Waals surface area contributed by atoms with Crippen LogP contribution in [0.25, 0.3) is 11.6 Å². The summed E-state index contributed by atoms with van der Waals surface area (Å²) in [5.41, 5.74) is 5.70. The quantitative estimate of drug-likeness (QED) is 0.307. The van der Waals surface area contributed by atoms with Crippen molar-refractivity contribution in [3.05, 3.63) is 110 Å². The van der Waals surface area contributed by atoms with Crippen LogP contribution in [0.5, 0.6) is 11.5 Å². The Hall–Kier alpha value is -3.72. The van der Waals surface area contributed by atoms with Crippen molar-refractivity contribution in [1.82, 2.24) is 0 Å². The van der Waals surface area contributed by atoms with Crippen molar-refractivity contribution in [2.75, 3.05) is 11.9 Å². The molecule has 0 saturated heterocycles. The van der Waals surface area contributed by atoms with Crippen molar-refractivity contribution in [2.45, 2.75) is 6.92 Å². The van der Waals surface area contributed by atoms with Gasteiger partial charge in [0.1, 0.15) is 11.5 Å². The van der Waals surface area contributed by atoms with Crippen molar-refractivity contribution < 1.29 is 9.47 Å². The molecule has 0 N–H and O–H groups in total. The van der Waals surface area contributed by atoms with Gasteiger partial charge in [0.2, 0.25) is 0 Å². The SMILES string of the molecule is C=COc1ccc(C(C)=Cc2ccc(N(C)c3ccc(OC=C)cc3)cc2)cc1. The summed E-state index contributed by atoms with van der Waals surface area (Å²) in [4.78, 5) is 2.14. The van der Waals surface area contributed by atoms with Crippen LogP contribution in [0.2, 0.25) is 0 Å². The second-order valence-corrected chi connectivity index (χ2v) is 6.57. The molecule has 0 bridgehead atoms. The number of ether oxygens (including phenoxy) is 2. The van der Waals surface area contributed by atoms with Gasteiger partial charge in [0.25, 0.3) is 0 Å². The van der Waals surface area contributed by atoms with Crippen LogP contribution < -0.4 is 14.4 Å². The lowest BCUT2D eigenvalue weighted by Crippen LogP contribution is -2.08. The summed E-state index contributed by atoms with van der Waals surface area (Å²) in [6, 6.07) is 24.4. The summed E-state index contributed by atoms with van der Waals surface area (Å²) in [6.07, 6.45) is 5.03. The van der Waals surface area contributed by atoms with Gasteiger partial charge in [0.15, 0.2) is 0 Å². The van der Waals surface area contributed by atoms with Crippen LogP contribution in [0.1, 0.15) is 18.1 Å². The molecule has 0 aliphatic rings. The minimum Gasteiger partial charge on any atom is -0.466 e. The molecule has 0 fully saturated rings. The predicted molar refractivity (Wildman–Crippen MR) is 123 cm³/mol. The zero-order valence-electron chi connectivity index (χ0n) is 16.8. The standard InChI is InChI=1S/C26H25NO2/c1-5-28-25-15-9-22(10-16-25)20(3)19-21-7-11-23(12-8-21)27(4)24-13-17-26(18-14-24)29-6-2/h5-19H,1-2H2,3-4H3. The monoisotopic (exact) mass is 383 g/mol. The molecule has 0 heterocycles. The molecular weight excluding hydrogens is 358 g/mol. The lowest BCUT2D eigenvalue weighted by Gasteiger charge is -2.20. The normalized spacial score (nSPS) is 10.9. The van der Waals surface area contributed by atoms with Gasteiger partial charge < -0.3 is 14.4 Å². The zero-order valence-corrected chi connectivity index (χ0v) is 16.8. The lowest BCUT2D eigenvalue weighted by molar-refractivity contribution is 0.483. The molecule has 0 spiro atoms. The minimum atomic E-state index is 0.775. The van der Waals surface area contributed by atoms with E-state index in [1.54, 1.807) is 0 Å². The fourth-order valence-electron chi connectivity index (χ4n) is 3.01. The summed E-state index contributed by atoms with van der Waals surface area (Å²) in [7, 11) is 2.05. The van der Waals surface area contributed by atoms with Crippen molar-refractivity contribution >= 4 is 23.0 Å². The largest absolute Gasteiger partial charge is 0.466 e. The summed E-state index contributed by atoms with van der Waals surface area (Å²) in [5, 5.41) is 0. The molecule has 0 aliphatic heterocycles. The van der Waals surface area contributed by atoms with Gasteiger partial charge in [-0.2, -0.15) is 0 Å². The van der Waals surface area contributed by atoms with Gasteiger partial charge in [0.05, 0.1) is 12.5 Å². The molecular formula is C26H25NO2. The molecule has 0 aromatic heterocycles. The Labute approximate surface area is 172 Å². The first-order valence-corrected chi connectivity index (χ1v) is 9.38. The van der Waals surface area contributed by atoms with E-state index in [-0.39, 0.29) is 0 Å². The molecule has 29 heavy (non-hydrogen) atoms. The predicted octanol–water partition coefficient (Wildman–Crippen LogP) is 7.06. The van der Waals surface area contributed by atoms with E-state index in [9.17, 15) is 0 Å². The van der Waals surface area contributed by atoms with Gasteiger partial charge in [-0.15, -0.1) is 0 Å². The molecule has 0 amide bonds. The first kappa shape index (κ1) is 20.0.